The Labute approximate surface area is 110 Å². The lowest BCUT2D eigenvalue weighted by molar-refractivity contribution is -0.0292. The summed E-state index contributed by atoms with van der Waals surface area (Å²) in [6.45, 7) is 6.29. The number of aromatic nitrogens is 2. The number of nitrogens with one attached hydrogen (secondary N) is 1. The Kier molecular flexibility index (Phi) is 5.31. The van der Waals surface area contributed by atoms with E-state index in [1.54, 1.807) is 7.11 Å². The van der Waals surface area contributed by atoms with Crippen molar-refractivity contribution in [1.29, 1.82) is 0 Å². The van der Waals surface area contributed by atoms with Gasteiger partial charge in [0.2, 0.25) is 0 Å². The number of nitrogens with zero attached hydrogens (tertiary/aromatic N) is 2. The molecule has 18 heavy (non-hydrogen) atoms. The fraction of sp³-hybridized carbons (Fsp3) is 0.769. The molecule has 2 atom stereocenters. The molecule has 5 heteroatoms. The van der Waals surface area contributed by atoms with Gasteiger partial charge in [-0.1, -0.05) is 13.8 Å². The molecule has 104 valence electrons. The Balaban J connectivity index is 2.88. The summed E-state index contributed by atoms with van der Waals surface area (Å²) < 4.78 is 7.54. The van der Waals surface area contributed by atoms with Crippen molar-refractivity contribution in [2.75, 3.05) is 7.11 Å². The number of hydrogen-bond acceptors (Lipinski definition) is 4. The van der Waals surface area contributed by atoms with Crippen LogP contribution in [0.15, 0.2) is 6.07 Å². The van der Waals surface area contributed by atoms with E-state index >= 15 is 0 Å². The average molecular weight is 254 g/mol. The van der Waals surface area contributed by atoms with Crippen LogP contribution in [0.4, 0.5) is 0 Å². The maximum Gasteiger partial charge on any atom is 0.0817 e. The Morgan fingerprint density at radius 1 is 1.56 bits per heavy atom. The maximum absolute atomic E-state index is 5.69. The largest absolute Gasteiger partial charge is 0.377 e. The molecule has 3 N–H and O–H groups in total. The van der Waals surface area contributed by atoms with Gasteiger partial charge in [0.1, 0.15) is 0 Å². The topological polar surface area (TPSA) is 65.1 Å². The smallest absolute Gasteiger partial charge is 0.0817 e. The molecule has 1 rings (SSSR count). The van der Waals surface area contributed by atoms with Crippen molar-refractivity contribution >= 4 is 0 Å². The summed E-state index contributed by atoms with van der Waals surface area (Å²) >= 11 is 0. The van der Waals surface area contributed by atoms with Gasteiger partial charge in [-0.15, -0.1) is 0 Å². The third-order valence-corrected chi connectivity index (χ3v) is 3.91. The minimum Gasteiger partial charge on any atom is -0.377 e. The van der Waals surface area contributed by atoms with Gasteiger partial charge in [0.15, 0.2) is 0 Å². The zero-order chi connectivity index (χ0) is 13.8. The lowest BCUT2D eigenvalue weighted by Crippen LogP contribution is -2.53. The standard InChI is InChI=1S/C13H26N4O/c1-6-10-8-11(17(4)16-10)9-12(15-14)13(3,7-2)18-5/h8,12,15H,6-7,9,14H2,1-5H3. The van der Waals surface area contributed by atoms with Crippen molar-refractivity contribution in [2.45, 2.75) is 51.7 Å². The quantitative estimate of drug-likeness (QED) is 0.566. The van der Waals surface area contributed by atoms with Gasteiger partial charge in [0.25, 0.3) is 0 Å². The van der Waals surface area contributed by atoms with E-state index in [1.807, 2.05) is 11.7 Å². The lowest BCUT2D eigenvalue weighted by Gasteiger charge is -2.35. The SMILES string of the molecule is CCc1cc(CC(NN)C(C)(CC)OC)n(C)n1. The second kappa shape index (κ2) is 6.31. The number of rotatable bonds is 7. The molecule has 0 saturated heterocycles. The van der Waals surface area contributed by atoms with Crippen LogP contribution in [0, 0.1) is 0 Å². The summed E-state index contributed by atoms with van der Waals surface area (Å²) in [7, 11) is 3.70. The fourth-order valence-electron chi connectivity index (χ4n) is 2.13. The molecule has 0 aliphatic rings. The van der Waals surface area contributed by atoms with Crippen LogP contribution >= 0.6 is 0 Å². The average Bonchev–Trinajstić information content (AvgIpc) is 2.75. The molecule has 1 heterocycles. The second-order valence-electron chi connectivity index (χ2n) is 4.90. The third-order valence-electron chi connectivity index (χ3n) is 3.91. The first-order valence-corrected chi connectivity index (χ1v) is 6.53. The summed E-state index contributed by atoms with van der Waals surface area (Å²) in [6, 6.07) is 2.20. The molecule has 0 aromatic carbocycles. The van der Waals surface area contributed by atoms with Crippen LogP contribution in [-0.2, 0) is 24.6 Å². The zero-order valence-corrected chi connectivity index (χ0v) is 12.2. The predicted octanol–water partition coefficient (Wildman–Crippen LogP) is 1.17. The molecule has 0 amide bonds. The van der Waals surface area contributed by atoms with Crippen LogP contribution in [-0.4, -0.2) is 28.5 Å². The Bertz CT molecular complexity index is 371. The van der Waals surface area contributed by atoms with E-state index in [0.29, 0.717) is 0 Å². The van der Waals surface area contributed by atoms with Crippen molar-refractivity contribution in [3.05, 3.63) is 17.5 Å². The van der Waals surface area contributed by atoms with E-state index in [4.69, 9.17) is 10.6 Å². The molecule has 0 spiro atoms. The minimum absolute atomic E-state index is 0.0626. The Hall–Kier alpha value is -0.910. The van der Waals surface area contributed by atoms with E-state index < -0.39 is 0 Å². The van der Waals surface area contributed by atoms with Crippen molar-refractivity contribution < 1.29 is 4.74 Å². The first-order valence-electron chi connectivity index (χ1n) is 6.53. The highest BCUT2D eigenvalue weighted by molar-refractivity contribution is 5.13. The monoisotopic (exact) mass is 254 g/mol. The van der Waals surface area contributed by atoms with Gasteiger partial charge in [0, 0.05) is 26.3 Å². The first kappa shape index (κ1) is 15.1. The number of hydrogen-bond donors (Lipinski definition) is 2. The van der Waals surface area contributed by atoms with E-state index in [1.165, 1.54) is 5.69 Å². The van der Waals surface area contributed by atoms with Crippen LogP contribution in [0.5, 0.6) is 0 Å². The van der Waals surface area contributed by atoms with Crippen molar-refractivity contribution in [3.8, 4) is 0 Å². The molecule has 0 aliphatic heterocycles. The van der Waals surface area contributed by atoms with E-state index in [-0.39, 0.29) is 11.6 Å². The Morgan fingerprint density at radius 3 is 2.61 bits per heavy atom. The number of nitrogens with two attached hydrogens (primary N) is 1. The number of hydrazine groups is 1. The number of aryl methyl sites for hydroxylation is 2. The molecule has 2 unspecified atom stereocenters. The lowest BCUT2D eigenvalue weighted by atomic mass is 9.90. The van der Waals surface area contributed by atoms with Crippen molar-refractivity contribution in [3.63, 3.8) is 0 Å². The van der Waals surface area contributed by atoms with Gasteiger partial charge in [-0.25, -0.2) is 0 Å². The highest BCUT2D eigenvalue weighted by atomic mass is 16.5. The first-order chi connectivity index (χ1) is 8.50. The summed E-state index contributed by atoms with van der Waals surface area (Å²) in [5, 5.41) is 4.46. The molecule has 0 bridgehead atoms. The molecular weight excluding hydrogens is 228 g/mol. The molecule has 0 radical (unpaired) electrons. The van der Waals surface area contributed by atoms with Crippen molar-refractivity contribution in [1.82, 2.24) is 15.2 Å². The molecule has 1 aromatic rings. The van der Waals surface area contributed by atoms with Crippen LogP contribution in [0.1, 0.15) is 38.6 Å². The van der Waals surface area contributed by atoms with Crippen LogP contribution in [0.2, 0.25) is 0 Å². The van der Waals surface area contributed by atoms with Gasteiger partial charge < -0.3 is 4.74 Å². The molecule has 1 aromatic heterocycles. The van der Waals surface area contributed by atoms with Crippen LogP contribution < -0.4 is 11.3 Å². The summed E-state index contributed by atoms with van der Waals surface area (Å²) in [5.41, 5.74) is 4.89. The van der Waals surface area contributed by atoms with Gasteiger partial charge in [-0.05, 0) is 25.8 Å². The number of methoxy groups -OCH3 is 1. The maximum atomic E-state index is 5.69. The highest BCUT2D eigenvalue weighted by Gasteiger charge is 2.32. The third kappa shape index (κ3) is 3.10. The highest BCUT2D eigenvalue weighted by Crippen LogP contribution is 2.22. The summed E-state index contributed by atoms with van der Waals surface area (Å²) in [4.78, 5) is 0. The zero-order valence-electron chi connectivity index (χ0n) is 12.2. The van der Waals surface area contributed by atoms with E-state index in [2.05, 4.69) is 37.4 Å². The molecule has 5 nitrogen and oxygen atoms in total. The Morgan fingerprint density at radius 2 is 2.22 bits per heavy atom. The fourth-order valence-corrected chi connectivity index (χ4v) is 2.13. The van der Waals surface area contributed by atoms with Gasteiger partial charge in [0.05, 0.1) is 17.3 Å². The van der Waals surface area contributed by atoms with Gasteiger partial charge in [-0.2, -0.15) is 5.10 Å². The molecule has 0 saturated carbocycles. The van der Waals surface area contributed by atoms with Gasteiger partial charge in [-0.3, -0.25) is 16.0 Å². The molecule has 0 aliphatic carbocycles. The van der Waals surface area contributed by atoms with Crippen LogP contribution in [0.3, 0.4) is 0 Å². The number of ether oxygens (including phenoxy) is 1. The summed E-state index contributed by atoms with van der Waals surface area (Å²) in [6.07, 6.45) is 2.65. The second-order valence-corrected chi connectivity index (χ2v) is 4.90. The van der Waals surface area contributed by atoms with Crippen LogP contribution in [0.25, 0.3) is 0 Å². The minimum atomic E-state index is -0.272. The van der Waals surface area contributed by atoms with E-state index in [9.17, 15) is 0 Å². The molecule has 0 fully saturated rings. The normalized spacial score (nSPS) is 16.6. The molecular formula is C13H26N4O. The summed E-state index contributed by atoms with van der Waals surface area (Å²) in [5.74, 6) is 5.69. The predicted molar refractivity (Wildman–Crippen MR) is 73.1 cm³/mol. The van der Waals surface area contributed by atoms with Crippen molar-refractivity contribution in [2.24, 2.45) is 12.9 Å². The van der Waals surface area contributed by atoms with E-state index in [0.717, 1.165) is 25.0 Å². The van der Waals surface area contributed by atoms with Gasteiger partial charge >= 0.3 is 0 Å².